The predicted octanol–water partition coefficient (Wildman–Crippen LogP) is 3.63. The summed E-state index contributed by atoms with van der Waals surface area (Å²) < 4.78 is 13.0. The van der Waals surface area contributed by atoms with Crippen LogP contribution < -0.4 is 9.47 Å². The van der Waals surface area contributed by atoms with Gasteiger partial charge in [0, 0.05) is 17.0 Å². The summed E-state index contributed by atoms with van der Waals surface area (Å²) in [5.74, 6) is 2.05. The molecule has 1 aromatic heterocycles. The zero-order chi connectivity index (χ0) is 21.7. The molecule has 30 heavy (non-hydrogen) atoms. The lowest BCUT2D eigenvalue weighted by atomic mass is 10.1. The number of carbonyl (C=O) groups excluding carboxylic acids is 1. The van der Waals surface area contributed by atoms with Crippen molar-refractivity contribution < 1.29 is 19.4 Å². The first-order chi connectivity index (χ1) is 14.4. The molecule has 3 rings (SSSR count). The van der Waals surface area contributed by atoms with Gasteiger partial charge in [0.15, 0.2) is 22.4 Å². The van der Waals surface area contributed by atoms with Crippen LogP contribution in [0.25, 0.3) is 5.69 Å². The number of methoxy groups -OCH3 is 1. The largest absolute Gasteiger partial charge is 0.493 e. The molecule has 1 atom stereocenters. The highest BCUT2D eigenvalue weighted by molar-refractivity contribution is 7.99. The number of carbonyl (C=O) groups is 1. The number of nitrogens with zero attached hydrogens (tertiary/aromatic N) is 3. The van der Waals surface area contributed by atoms with Gasteiger partial charge in [0.1, 0.15) is 12.4 Å². The number of ether oxygens (including phenoxy) is 2. The van der Waals surface area contributed by atoms with Crippen molar-refractivity contribution in [2.75, 3.05) is 19.5 Å². The number of aryl methyl sites for hydroxylation is 2. The number of hydrogen-bond donors (Lipinski definition) is 1. The summed E-state index contributed by atoms with van der Waals surface area (Å²) in [5.41, 5.74) is 2.70. The Kier molecular flexibility index (Phi) is 7.12. The number of rotatable bonds is 9. The van der Waals surface area contributed by atoms with Crippen molar-refractivity contribution in [1.29, 1.82) is 0 Å². The summed E-state index contributed by atoms with van der Waals surface area (Å²) >= 11 is 1.41. The Balaban J connectivity index is 1.61. The van der Waals surface area contributed by atoms with Crippen molar-refractivity contribution in [1.82, 2.24) is 14.8 Å². The molecule has 7 nitrogen and oxygen atoms in total. The number of aromatic nitrogens is 3. The lowest BCUT2D eigenvalue weighted by Gasteiger charge is -2.15. The fraction of sp³-hybridized carbons (Fsp3) is 0.318. The summed E-state index contributed by atoms with van der Waals surface area (Å²) in [6, 6.07) is 13.1. The third-order valence-corrected chi connectivity index (χ3v) is 5.57. The SMILES string of the molecule is COc1cc(C(C)=O)ccc1OC[C@H](O)CSc1nnc(C)n1-c1ccc(C)cc1. The van der Waals surface area contributed by atoms with Crippen LogP contribution in [0, 0.1) is 13.8 Å². The van der Waals surface area contributed by atoms with E-state index in [-0.39, 0.29) is 12.4 Å². The molecule has 0 aliphatic carbocycles. The van der Waals surface area contributed by atoms with E-state index in [0.29, 0.717) is 28.0 Å². The lowest BCUT2D eigenvalue weighted by molar-refractivity contribution is 0.101. The highest BCUT2D eigenvalue weighted by atomic mass is 32.2. The minimum atomic E-state index is -0.726. The van der Waals surface area contributed by atoms with Crippen LogP contribution in [-0.2, 0) is 0 Å². The van der Waals surface area contributed by atoms with Crippen LogP contribution in [-0.4, -0.2) is 51.2 Å². The van der Waals surface area contributed by atoms with Crippen molar-refractivity contribution in [3.63, 3.8) is 0 Å². The van der Waals surface area contributed by atoms with E-state index in [4.69, 9.17) is 9.47 Å². The molecule has 1 N–H and O–H groups in total. The first-order valence-corrected chi connectivity index (χ1v) is 10.5. The summed E-state index contributed by atoms with van der Waals surface area (Å²) in [5, 5.41) is 19.5. The van der Waals surface area contributed by atoms with Gasteiger partial charge < -0.3 is 14.6 Å². The van der Waals surface area contributed by atoms with Crippen LogP contribution in [0.15, 0.2) is 47.6 Å². The fourth-order valence-corrected chi connectivity index (χ4v) is 3.74. The summed E-state index contributed by atoms with van der Waals surface area (Å²) in [6.07, 6.45) is -0.726. The average Bonchev–Trinajstić information content (AvgIpc) is 3.11. The van der Waals surface area contributed by atoms with E-state index in [0.717, 1.165) is 11.5 Å². The third kappa shape index (κ3) is 5.20. The molecule has 0 fully saturated rings. The van der Waals surface area contributed by atoms with Crippen LogP contribution in [0.3, 0.4) is 0 Å². The zero-order valence-electron chi connectivity index (χ0n) is 17.5. The number of Topliss-reactive ketones (excluding diaryl/α,β-unsaturated/α-hetero) is 1. The standard InChI is InChI=1S/C22H25N3O4S/c1-14-5-8-18(9-6-14)25-16(3)23-24-22(25)30-13-19(27)12-29-20-10-7-17(15(2)26)11-21(20)28-4/h5-11,19,27H,12-13H2,1-4H3/t19-/m0/s1. The Morgan fingerprint density at radius 1 is 1.13 bits per heavy atom. The molecule has 0 radical (unpaired) electrons. The van der Waals surface area contributed by atoms with Crippen molar-refractivity contribution in [3.8, 4) is 17.2 Å². The predicted molar refractivity (Wildman–Crippen MR) is 116 cm³/mol. The van der Waals surface area contributed by atoms with Gasteiger partial charge in [-0.1, -0.05) is 29.5 Å². The molecule has 2 aromatic carbocycles. The highest BCUT2D eigenvalue weighted by Crippen LogP contribution is 2.29. The molecule has 0 unspecified atom stereocenters. The molecule has 3 aromatic rings. The van der Waals surface area contributed by atoms with Gasteiger partial charge in [0.05, 0.1) is 13.2 Å². The van der Waals surface area contributed by atoms with E-state index < -0.39 is 6.10 Å². The number of aliphatic hydroxyl groups excluding tert-OH is 1. The monoisotopic (exact) mass is 427 g/mol. The van der Waals surface area contributed by atoms with Gasteiger partial charge in [-0.2, -0.15) is 0 Å². The van der Waals surface area contributed by atoms with E-state index in [1.54, 1.807) is 18.2 Å². The van der Waals surface area contributed by atoms with E-state index in [9.17, 15) is 9.90 Å². The molecular weight excluding hydrogens is 402 g/mol. The van der Waals surface area contributed by atoms with Crippen LogP contribution >= 0.6 is 11.8 Å². The third-order valence-electron chi connectivity index (χ3n) is 4.49. The van der Waals surface area contributed by atoms with E-state index in [1.165, 1.54) is 31.4 Å². The first-order valence-electron chi connectivity index (χ1n) is 9.50. The Hall–Kier alpha value is -2.84. The quantitative estimate of drug-likeness (QED) is 0.412. The second-order valence-electron chi connectivity index (χ2n) is 6.90. The van der Waals surface area contributed by atoms with Gasteiger partial charge in [-0.25, -0.2) is 0 Å². The summed E-state index contributed by atoms with van der Waals surface area (Å²) in [4.78, 5) is 11.5. The second-order valence-corrected chi connectivity index (χ2v) is 7.89. The van der Waals surface area contributed by atoms with E-state index >= 15 is 0 Å². The van der Waals surface area contributed by atoms with E-state index in [2.05, 4.69) is 10.2 Å². The maximum Gasteiger partial charge on any atom is 0.195 e. The Labute approximate surface area is 180 Å². The molecule has 158 valence electrons. The minimum absolute atomic E-state index is 0.0516. The van der Waals surface area contributed by atoms with Crippen molar-refractivity contribution >= 4 is 17.5 Å². The number of thioether (sulfide) groups is 1. The molecule has 0 saturated carbocycles. The van der Waals surface area contributed by atoms with Crippen molar-refractivity contribution in [2.24, 2.45) is 0 Å². The van der Waals surface area contributed by atoms with Crippen molar-refractivity contribution in [3.05, 3.63) is 59.4 Å². The molecule has 0 bridgehead atoms. The zero-order valence-corrected chi connectivity index (χ0v) is 18.3. The molecular formula is C22H25N3O4S. The van der Waals surface area contributed by atoms with Gasteiger partial charge in [0.2, 0.25) is 0 Å². The Morgan fingerprint density at radius 2 is 1.87 bits per heavy atom. The topological polar surface area (TPSA) is 86.5 Å². The normalized spacial score (nSPS) is 11.9. The molecule has 0 amide bonds. The van der Waals surface area contributed by atoms with Crippen LogP contribution in [0.4, 0.5) is 0 Å². The minimum Gasteiger partial charge on any atom is -0.493 e. The van der Waals surface area contributed by atoms with Crippen LogP contribution in [0.1, 0.15) is 28.7 Å². The Morgan fingerprint density at radius 3 is 2.53 bits per heavy atom. The fourth-order valence-electron chi connectivity index (χ4n) is 2.84. The molecule has 0 spiro atoms. The molecule has 1 heterocycles. The molecule has 0 saturated heterocycles. The lowest BCUT2D eigenvalue weighted by Crippen LogP contribution is -2.20. The molecule has 8 heteroatoms. The number of ketones is 1. The first kappa shape index (κ1) is 21.9. The maximum atomic E-state index is 11.5. The van der Waals surface area contributed by atoms with Gasteiger partial charge >= 0.3 is 0 Å². The summed E-state index contributed by atoms with van der Waals surface area (Å²) in [6.45, 7) is 5.51. The van der Waals surface area contributed by atoms with Gasteiger partial charge in [0.25, 0.3) is 0 Å². The number of aliphatic hydroxyl groups is 1. The molecule has 0 aliphatic rings. The van der Waals surface area contributed by atoms with Gasteiger partial charge in [-0.05, 0) is 51.1 Å². The van der Waals surface area contributed by atoms with E-state index in [1.807, 2.05) is 42.7 Å². The summed E-state index contributed by atoms with van der Waals surface area (Å²) in [7, 11) is 1.51. The maximum absolute atomic E-state index is 11.5. The highest BCUT2D eigenvalue weighted by Gasteiger charge is 2.15. The van der Waals surface area contributed by atoms with Crippen LogP contribution in [0.2, 0.25) is 0 Å². The van der Waals surface area contributed by atoms with Gasteiger partial charge in [-0.15, -0.1) is 10.2 Å². The van der Waals surface area contributed by atoms with Crippen LogP contribution in [0.5, 0.6) is 11.5 Å². The number of benzene rings is 2. The van der Waals surface area contributed by atoms with Crippen molar-refractivity contribution in [2.45, 2.75) is 32.0 Å². The Bertz CT molecular complexity index is 1020. The molecule has 0 aliphatic heterocycles. The average molecular weight is 428 g/mol. The smallest absolute Gasteiger partial charge is 0.195 e. The number of hydrogen-bond acceptors (Lipinski definition) is 7. The van der Waals surface area contributed by atoms with Gasteiger partial charge in [-0.3, -0.25) is 9.36 Å². The second kappa shape index (κ2) is 9.77.